The monoisotopic (exact) mass is 268 g/mol. The van der Waals surface area contributed by atoms with E-state index in [1.54, 1.807) is 18.2 Å². The summed E-state index contributed by atoms with van der Waals surface area (Å²) >= 11 is 5.86. The lowest BCUT2D eigenvalue weighted by Crippen LogP contribution is -2.36. The van der Waals surface area contributed by atoms with Crippen LogP contribution in [0.3, 0.4) is 0 Å². The number of halogens is 1. The van der Waals surface area contributed by atoms with Crippen molar-refractivity contribution in [3.63, 3.8) is 0 Å². The third-order valence-electron chi connectivity index (χ3n) is 2.72. The average Bonchev–Trinajstić information content (AvgIpc) is 2.74. The molecule has 96 valence electrons. The highest BCUT2D eigenvalue weighted by molar-refractivity contribution is 6.31. The van der Waals surface area contributed by atoms with E-state index >= 15 is 0 Å². The van der Waals surface area contributed by atoms with Gasteiger partial charge in [-0.25, -0.2) is 0 Å². The predicted octanol–water partition coefficient (Wildman–Crippen LogP) is 0.967. The molecule has 1 aliphatic heterocycles. The van der Waals surface area contributed by atoms with Gasteiger partial charge in [0.05, 0.1) is 18.7 Å². The quantitative estimate of drug-likeness (QED) is 0.858. The number of hydrogen-bond donors (Lipinski definition) is 2. The first kappa shape index (κ1) is 12.7. The summed E-state index contributed by atoms with van der Waals surface area (Å²) in [6, 6.07) is 4.64. The fraction of sp³-hybridized carbons (Fsp3) is 0.333. The van der Waals surface area contributed by atoms with Crippen molar-refractivity contribution in [3.05, 3.63) is 28.8 Å². The van der Waals surface area contributed by atoms with Crippen LogP contribution in [0.1, 0.15) is 16.8 Å². The molecule has 5 nitrogen and oxygen atoms in total. The predicted molar refractivity (Wildman–Crippen MR) is 66.9 cm³/mol. The molecule has 1 aromatic rings. The van der Waals surface area contributed by atoms with Crippen molar-refractivity contribution in [3.8, 4) is 5.75 Å². The molecule has 2 N–H and O–H groups in total. The molecule has 1 fully saturated rings. The molecule has 0 spiro atoms. The molecule has 0 aromatic heterocycles. The molecule has 6 heteroatoms. The summed E-state index contributed by atoms with van der Waals surface area (Å²) in [4.78, 5) is 23.1. The maximum atomic E-state index is 12.1. The highest BCUT2D eigenvalue weighted by atomic mass is 35.5. The lowest BCUT2D eigenvalue weighted by Gasteiger charge is -2.13. The number of nitrogens with one attached hydrogen (secondary N) is 2. The largest absolute Gasteiger partial charge is 0.496 e. The first-order chi connectivity index (χ1) is 8.60. The first-order valence-corrected chi connectivity index (χ1v) is 5.89. The summed E-state index contributed by atoms with van der Waals surface area (Å²) in [5.41, 5.74) is 0.365. The molecule has 0 bridgehead atoms. The minimum atomic E-state index is -0.296. The van der Waals surface area contributed by atoms with Gasteiger partial charge in [-0.05, 0) is 18.2 Å². The molecule has 1 saturated heterocycles. The third-order valence-corrected chi connectivity index (χ3v) is 2.95. The number of carbonyl (C=O) groups excluding carboxylic acids is 2. The van der Waals surface area contributed by atoms with Crippen LogP contribution in [0, 0.1) is 0 Å². The van der Waals surface area contributed by atoms with E-state index in [9.17, 15) is 9.59 Å². The highest BCUT2D eigenvalue weighted by Crippen LogP contribution is 2.22. The Bertz CT molecular complexity index is 490. The van der Waals surface area contributed by atoms with Gasteiger partial charge in [0.2, 0.25) is 5.91 Å². The van der Waals surface area contributed by atoms with Crippen LogP contribution in [-0.2, 0) is 4.79 Å². The summed E-state index contributed by atoms with van der Waals surface area (Å²) in [6.45, 7) is 0.452. The first-order valence-electron chi connectivity index (χ1n) is 5.51. The number of rotatable bonds is 3. The van der Waals surface area contributed by atoms with Crippen molar-refractivity contribution in [2.75, 3.05) is 13.7 Å². The molecular formula is C12H13ClN2O3. The lowest BCUT2D eigenvalue weighted by molar-refractivity contribution is -0.119. The summed E-state index contributed by atoms with van der Waals surface area (Å²) in [6.07, 6.45) is 0.300. The van der Waals surface area contributed by atoms with Crippen molar-refractivity contribution in [1.29, 1.82) is 0 Å². The second-order valence-corrected chi connectivity index (χ2v) is 4.46. The van der Waals surface area contributed by atoms with E-state index in [0.29, 0.717) is 29.3 Å². The van der Waals surface area contributed by atoms with Crippen molar-refractivity contribution < 1.29 is 14.3 Å². The molecule has 1 unspecified atom stereocenters. The van der Waals surface area contributed by atoms with Crippen LogP contribution in [0.5, 0.6) is 5.75 Å². The van der Waals surface area contributed by atoms with Gasteiger partial charge in [-0.2, -0.15) is 0 Å². The van der Waals surface area contributed by atoms with Gasteiger partial charge in [0.1, 0.15) is 5.75 Å². The minimum Gasteiger partial charge on any atom is -0.496 e. The molecular weight excluding hydrogens is 256 g/mol. The molecule has 1 atom stereocenters. The number of carbonyl (C=O) groups is 2. The van der Waals surface area contributed by atoms with Gasteiger partial charge in [0.15, 0.2) is 0 Å². The topological polar surface area (TPSA) is 67.4 Å². The van der Waals surface area contributed by atoms with Crippen molar-refractivity contribution >= 4 is 23.4 Å². The van der Waals surface area contributed by atoms with Gasteiger partial charge >= 0.3 is 0 Å². The van der Waals surface area contributed by atoms with Gasteiger partial charge in [0.25, 0.3) is 5.91 Å². The number of hydrogen-bond acceptors (Lipinski definition) is 3. The molecule has 0 saturated carbocycles. The van der Waals surface area contributed by atoms with Gasteiger partial charge in [0, 0.05) is 18.0 Å². The lowest BCUT2D eigenvalue weighted by atomic mass is 10.1. The fourth-order valence-corrected chi connectivity index (χ4v) is 2.00. The Morgan fingerprint density at radius 1 is 1.56 bits per heavy atom. The number of methoxy groups -OCH3 is 1. The molecule has 0 aliphatic carbocycles. The van der Waals surface area contributed by atoms with Gasteiger partial charge < -0.3 is 15.4 Å². The van der Waals surface area contributed by atoms with E-state index in [1.807, 2.05) is 0 Å². The van der Waals surface area contributed by atoms with Crippen molar-refractivity contribution in [2.45, 2.75) is 12.5 Å². The van der Waals surface area contributed by atoms with Crippen molar-refractivity contribution in [2.24, 2.45) is 0 Å². The zero-order valence-electron chi connectivity index (χ0n) is 9.83. The van der Waals surface area contributed by atoms with Crippen LogP contribution in [0.15, 0.2) is 18.2 Å². The summed E-state index contributed by atoms with van der Waals surface area (Å²) in [5, 5.41) is 5.88. The molecule has 2 amide bonds. The third kappa shape index (κ3) is 2.73. The van der Waals surface area contributed by atoms with E-state index in [-0.39, 0.29) is 17.9 Å². The zero-order chi connectivity index (χ0) is 13.1. The van der Waals surface area contributed by atoms with Gasteiger partial charge in [-0.3, -0.25) is 9.59 Å². The average molecular weight is 269 g/mol. The SMILES string of the molecule is COc1ccc(Cl)cc1C(=O)NC1CNC(=O)C1. The molecule has 0 radical (unpaired) electrons. The van der Waals surface area contributed by atoms with E-state index < -0.39 is 0 Å². The Labute approximate surface area is 109 Å². The Hall–Kier alpha value is -1.75. The van der Waals surface area contributed by atoms with Crippen LogP contribution in [-0.4, -0.2) is 31.5 Å². The normalized spacial score (nSPS) is 18.3. The number of benzene rings is 1. The van der Waals surface area contributed by atoms with Crippen LogP contribution in [0.2, 0.25) is 5.02 Å². The van der Waals surface area contributed by atoms with Crippen LogP contribution >= 0.6 is 11.6 Å². The molecule has 18 heavy (non-hydrogen) atoms. The summed E-state index contributed by atoms with van der Waals surface area (Å²) in [5.74, 6) is 0.100. The fourth-order valence-electron chi connectivity index (χ4n) is 1.83. The van der Waals surface area contributed by atoms with Gasteiger partial charge in [-0.15, -0.1) is 0 Å². The Kier molecular flexibility index (Phi) is 3.72. The maximum absolute atomic E-state index is 12.1. The van der Waals surface area contributed by atoms with Crippen molar-refractivity contribution in [1.82, 2.24) is 10.6 Å². The van der Waals surface area contributed by atoms with Gasteiger partial charge in [-0.1, -0.05) is 11.6 Å². The summed E-state index contributed by atoms with van der Waals surface area (Å²) in [7, 11) is 1.49. The Morgan fingerprint density at radius 3 is 2.94 bits per heavy atom. The zero-order valence-corrected chi connectivity index (χ0v) is 10.6. The minimum absolute atomic E-state index is 0.0571. The van der Waals surface area contributed by atoms with E-state index in [2.05, 4.69) is 10.6 Å². The number of ether oxygens (including phenoxy) is 1. The molecule has 1 aromatic carbocycles. The highest BCUT2D eigenvalue weighted by Gasteiger charge is 2.24. The van der Waals surface area contributed by atoms with Crippen LogP contribution in [0.25, 0.3) is 0 Å². The molecule has 1 heterocycles. The van der Waals surface area contributed by atoms with Crippen LogP contribution in [0.4, 0.5) is 0 Å². The summed E-state index contributed by atoms with van der Waals surface area (Å²) < 4.78 is 5.11. The molecule has 2 rings (SSSR count). The second kappa shape index (κ2) is 5.27. The standard InChI is InChI=1S/C12H13ClN2O3/c1-18-10-3-2-7(13)4-9(10)12(17)15-8-5-11(16)14-6-8/h2-4,8H,5-6H2,1H3,(H,14,16)(H,15,17). The van der Waals surface area contributed by atoms with E-state index in [0.717, 1.165) is 0 Å². The second-order valence-electron chi connectivity index (χ2n) is 4.02. The van der Waals surface area contributed by atoms with E-state index in [1.165, 1.54) is 7.11 Å². The smallest absolute Gasteiger partial charge is 0.255 e. The Balaban J connectivity index is 2.13. The van der Waals surface area contributed by atoms with E-state index in [4.69, 9.17) is 16.3 Å². The van der Waals surface area contributed by atoms with Crippen LogP contribution < -0.4 is 15.4 Å². The molecule has 1 aliphatic rings. The maximum Gasteiger partial charge on any atom is 0.255 e. The number of amides is 2. The Morgan fingerprint density at radius 2 is 2.33 bits per heavy atom.